The second-order valence-electron chi connectivity index (χ2n) is 10.3. The van der Waals surface area contributed by atoms with Crippen LogP contribution in [0.2, 0.25) is 0 Å². The lowest BCUT2D eigenvalue weighted by atomic mass is 9.95. The number of carbonyl (C=O) groups excluding carboxylic acids is 4. The lowest BCUT2D eigenvalue weighted by Crippen LogP contribution is -2.48. The summed E-state index contributed by atoms with van der Waals surface area (Å²) in [7, 11) is 1.40. The summed E-state index contributed by atoms with van der Waals surface area (Å²) in [6, 6.07) is 8.67. The van der Waals surface area contributed by atoms with Crippen LogP contribution in [0.1, 0.15) is 72.0 Å². The number of allylic oxidation sites excluding steroid dienone is 1. The molecule has 1 heterocycles. The number of rotatable bonds is 16. The van der Waals surface area contributed by atoms with E-state index >= 15 is 0 Å². The van der Waals surface area contributed by atoms with E-state index in [1.165, 1.54) is 7.11 Å². The Kier molecular flexibility index (Phi) is 13.4. The van der Waals surface area contributed by atoms with Crippen molar-refractivity contribution in [3.05, 3.63) is 64.1 Å². The monoisotopic (exact) mass is 580 g/mol. The highest BCUT2D eigenvalue weighted by Gasteiger charge is 2.33. The molecule has 12 heteroatoms. The summed E-state index contributed by atoms with van der Waals surface area (Å²) in [5, 5.41) is 21.3. The highest BCUT2D eigenvalue weighted by Crippen LogP contribution is 2.25. The Bertz CT molecular complexity index is 1310. The maximum Gasteiger partial charge on any atom is 0.271 e. The van der Waals surface area contributed by atoms with E-state index in [0.717, 1.165) is 11.1 Å². The van der Waals surface area contributed by atoms with E-state index in [-0.39, 0.29) is 54.6 Å². The normalized spacial score (nSPS) is 12.7. The van der Waals surface area contributed by atoms with Crippen LogP contribution in [0.3, 0.4) is 0 Å². The van der Waals surface area contributed by atoms with Gasteiger partial charge >= 0.3 is 0 Å². The van der Waals surface area contributed by atoms with Gasteiger partial charge < -0.3 is 30.9 Å². The quantitative estimate of drug-likeness (QED) is 0.132. The number of ether oxygens (including phenoxy) is 1. The van der Waals surface area contributed by atoms with E-state index in [0.29, 0.717) is 12.8 Å². The molecule has 0 radical (unpaired) electrons. The number of methoxy groups -OCH3 is 1. The van der Waals surface area contributed by atoms with Gasteiger partial charge in [-0.2, -0.15) is 5.26 Å². The van der Waals surface area contributed by atoms with Gasteiger partial charge in [-0.25, -0.2) is 0 Å². The van der Waals surface area contributed by atoms with Crippen molar-refractivity contribution in [1.29, 1.82) is 5.26 Å². The van der Waals surface area contributed by atoms with Gasteiger partial charge in [0.05, 0.1) is 12.5 Å². The second kappa shape index (κ2) is 16.7. The molecule has 0 fully saturated rings. The third-order valence-corrected chi connectivity index (χ3v) is 6.43. The van der Waals surface area contributed by atoms with Crippen LogP contribution in [0.25, 0.3) is 0 Å². The molecule has 0 spiro atoms. The number of primary amides is 1. The molecule has 1 aromatic carbocycles. The van der Waals surface area contributed by atoms with Gasteiger partial charge in [0.2, 0.25) is 11.8 Å². The topological polar surface area (TPSA) is 189 Å². The molecule has 2 atom stereocenters. The fraction of sp³-hybridized carbons (Fsp3) is 0.467. The number of hydrogen-bond donors (Lipinski definition) is 4. The van der Waals surface area contributed by atoms with E-state index in [4.69, 9.17) is 15.0 Å². The van der Waals surface area contributed by atoms with Gasteiger partial charge in [-0.3, -0.25) is 19.2 Å². The maximum absolute atomic E-state index is 13.5. The van der Waals surface area contributed by atoms with Crippen molar-refractivity contribution in [2.24, 2.45) is 11.7 Å². The summed E-state index contributed by atoms with van der Waals surface area (Å²) in [5.74, 6) is -2.99. The number of nitrogens with zero attached hydrogens (tertiary/aromatic N) is 2. The molecular weight excluding hydrogens is 540 g/mol. The minimum absolute atomic E-state index is 0.0502. The Morgan fingerprint density at radius 1 is 1.10 bits per heavy atom. The third-order valence-electron chi connectivity index (χ3n) is 6.43. The maximum atomic E-state index is 13.5. The van der Waals surface area contributed by atoms with Crippen LogP contribution >= 0.6 is 0 Å². The van der Waals surface area contributed by atoms with Crippen molar-refractivity contribution in [2.45, 2.75) is 65.5 Å². The number of hydrogen-bond acceptors (Lipinski definition) is 8. The molecule has 0 saturated heterocycles. The highest BCUT2D eigenvalue weighted by molar-refractivity contribution is 5.97. The first-order valence-electron chi connectivity index (χ1n) is 13.8. The van der Waals surface area contributed by atoms with Crippen LogP contribution in [-0.2, 0) is 25.7 Å². The van der Waals surface area contributed by atoms with Gasteiger partial charge in [0.15, 0.2) is 5.69 Å². The summed E-state index contributed by atoms with van der Waals surface area (Å²) in [5.41, 5.74) is 7.49. The lowest BCUT2D eigenvalue weighted by Gasteiger charge is -2.22. The summed E-state index contributed by atoms with van der Waals surface area (Å²) < 4.78 is 10.3. The van der Waals surface area contributed by atoms with Crippen LogP contribution < -0.4 is 21.7 Å². The second-order valence-corrected chi connectivity index (χ2v) is 10.3. The fourth-order valence-electron chi connectivity index (χ4n) is 4.25. The van der Waals surface area contributed by atoms with E-state index < -0.39 is 35.6 Å². The number of nitriles is 1. The molecule has 2 aromatic rings. The number of unbranched alkanes of at least 4 members (excludes halogenated alkanes) is 1. The molecule has 0 bridgehead atoms. The van der Waals surface area contributed by atoms with Crippen molar-refractivity contribution >= 4 is 23.6 Å². The van der Waals surface area contributed by atoms with Crippen molar-refractivity contribution in [2.75, 3.05) is 20.3 Å². The Balaban J connectivity index is 2.14. The summed E-state index contributed by atoms with van der Waals surface area (Å²) in [6.07, 6.45) is 2.84. The van der Waals surface area contributed by atoms with E-state index in [1.807, 2.05) is 51.1 Å². The SMILES string of the molecule is COC[C@@H](C(=O)N[C@@H](CCCCNC(=O)C(C#N)=CC(C)C)C(=O)NCc1ccc(C)cc1)c1c(C(N)=O)noc1C. The molecule has 5 N–H and O–H groups in total. The van der Waals surface area contributed by atoms with Crippen LogP contribution in [0.5, 0.6) is 0 Å². The van der Waals surface area contributed by atoms with Gasteiger partial charge in [-0.15, -0.1) is 0 Å². The number of aromatic nitrogens is 1. The molecule has 4 amide bonds. The average Bonchev–Trinajstić information content (AvgIpc) is 3.34. The first-order chi connectivity index (χ1) is 20.0. The molecule has 1 aromatic heterocycles. The first kappa shape index (κ1) is 33.7. The predicted molar refractivity (Wildman–Crippen MR) is 155 cm³/mol. The summed E-state index contributed by atoms with van der Waals surface area (Å²) >= 11 is 0. The van der Waals surface area contributed by atoms with Crippen LogP contribution in [0.15, 0.2) is 40.4 Å². The number of nitrogens with one attached hydrogen (secondary N) is 3. The molecule has 12 nitrogen and oxygen atoms in total. The van der Waals surface area contributed by atoms with Crippen LogP contribution in [0.4, 0.5) is 0 Å². The number of carbonyl (C=O) groups is 4. The minimum atomic E-state index is -1.01. The zero-order chi connectivity index (χ0) is 31.2. The Hall–Kier alpha value is -4.50. The van der Waals surface area contributed by atoms with Crippen LogP contribution in [-0.4, -0.2) is 55.1 Å². The molecule has 0 saturated carbocycles. The molecule has 2 rings (SSSR count). The molecule has 226 valence electrons. The van der Waals surface area contributed by atoms with Gasteiger partial charge in [0.25, 0.3) is 11.8 Å². The van der Waals surface area contributed by atoms with Gasteiger partial charge in [-0.1, -0.05) is 54.9 Å². The van der Waals surface area contributed by atoms with Gasteiger partial charge in [0.1, 0.15) is 23.4 Å². The van der Waals surface area contributed by atoms with Crippen molar-refractivity contribution < 1.29 is 28.4 Å². The molecule has 0 aliphatic rings. The van der Waals surface area contributed by atoms with Crippen molar-refractivity contribution in [1.82, 2.24) is 21.1 Å². The predicted octanol–water partition coefficient (Wildman–Crippen LogP) is 2.31. The molecule has 42 heavy (non-hydrogen) atoms. The van der Waals surface area contributed by atoms with Gasteiger partial charge in [0, 0.05) is 25.8 Å². The molecule has 0 aliphatic carbocycles. The highest BCUT2D eigenvalue weighted by atomic mass is 16.5. The average molecular weight is 581 g/mol. The van der Waals surface area contributed by atoms with Crippen molar-refractivity contribution in [3.63, 3.8) is 0 Å². The lowest BCUT2D eigenvalue weighted by molar-refractivity contribution is -0.130. The largest absolute Gasteiger partial charge is 0.384 e. The number of amides is 4. The van der Waals surface area contributed by atoms with E-state index in [9.17, 15) is 24.4 Å². The third kappa shape index (κ3) is 10.2. The number of nitrogens with two attached hydrogens (primary N) is 1. The van der Waals surface area contributed by atoms with Gasteiger partial charge in [-0.05, 0) is 44.6 Å². The zero-order valence-corrected chi connectivity index (χ0v) is 24.8. The zero-order valence-electron chi connectivity index (χ0n) is 24.8. The number of benzene rings is 1. The van der Waals surface area contributed by atoms with Crippen molar-refractivity contribution in [3.8, 4) is 6.07 Å². The molecule has 0 unspecified atom stereocenters. The summed E-state index contributed by atoms with van der Waals surface area (Å²) in [4.78, 5) is 50.9. The smallest absolute Gasteiger partial charge is 0.271 e. The standard InChI is InChI=1S/C30H40N6O6/c1-18(2)14-22(15-31)28(38)33-13-7-6-8-24(30(40)34-16-21-11-9-19(3)10-12-21)35-29(39)23(17-41-5)25-20(4)42-36-26(25)27(32)37/h9-12,14,18,23-24H,6-8,13,16-17H2,1-5H3,(H2,32,37)(H,33,38)(H,34,40)(H,35,39)/t23-,24+/m1/s1. The molecular formula is C30H40N6O6. The minimum Gasteiger partial charge on any atom is -0.384 e. The Morgan fingerprint density at radius 3 is 2.38 bits per heavy atom. The van der Waals surface area contributed by atoms with Crippen LogP contribution in [0, 0.1) is 31.1 Å². The Labute approximate surface area is 246 Å². The fourth-order valence-corrected chi connectivity index (χ4v) is 4.25. The van der Waals surface area contributed by atoms with E-state index in [1.54, 1.807) is 13.0 Å². The first-order valence-corrected chi connectivity index (χ1v) is 13.8. The molecule has 0 aliphatic heterocycles. The Morgan fingerprint density at radius 2 is 1.79 bits per heavy atom. The number of aryl methyl sites for hydroxylation is 2. The summed E-state index contributed by atoms with van der Waals surface area (Å²) in [6.45, 7) is 7.71. The van der Waals surface area contributed by atoms with E-state index in [2.05, 4.69) is 21.1 Å².